The Morgan fingerprint density at radius 2 is 1.88 bits per heavy atom. The molecule has 2 atom stereocenters. The second kappa shape index (κ2) is 7.32. The molecular weight excluding hydrogens is 362 g/mol. The molecule has 5 nitrogen and oxygen atoms in total. The van der Waals surface area contributed by atoms with Crippen molar-refractivity contribution in [3.63, 3.8) is 0 Å². The third-order valence-electron chi connectivity index (χ3n) is 4.48. The molecule has 7 heteroatoms. The van der Waals surface area contributed by atoms with Gasteiger partial charge >= 0.3 is 0 Å². The minimum absolute atomic E-state index is 0.0757. The van der Waals surface area contributed by atoms with Gasteiger partial charge in [-0.15, -0.1) is 0 Å². The van der Waals surface area contributed by atoms with Crippen LogP contribution in [0.15, 0.2) is 52.3 Å². The first kappa shape index (κ1) is 18.2. The van der Waals surface area contributed by atoms with Gasteiger partial charge in [0, 0.05) is 18.8 Å². The van der Waals surface area contributed by atoms with Gasteiger partial charge in [0.15, 0.2) is 0 Å². The zero-order valence-corrected chi connectivity index (χ0v) is 15.5. The number of pyridine rings is 1. The maximum absolute atomic E-state index is 12.1. The minimum atomic E-state index is -3.71. The topological polar surface area (TPSA) is 65.4 Å². The highest BCUT2D eigenvalue weighted by atomic mass is 35.5. The predicted octanol–water partition coefficient (Wildman–Crippen LogP) is 3.24. The van der Waals surface area contributed by atoms with Crippen LogP contribution in [0.4, 0.5) is 0 Å². The van der Waals surface area contributed by atoms with Crippen LogP contribution in [0.3, 0.4) is 0 Å². The van der Waals surface area contributed by atoms with Crippen LogP contribution in [-0.4, -0.2) is 19.6 Å². The van der Waals surface area contributed by atoms with Gasteiger partial charge in [-0.2, -0.15) is 8.42 Å². The molecule has 1 fully saturated rings. The summed E-state index contributed by atoms with van der Waals surface area (Å²) < 4.78 is 31.0. The van der Waals surface area contributed by atoms with Gasteiger partial charge < -0.3 is 4.57 Å². The summed E-state index contributed by atoms with van der Waals surface area (Å²) in [6.07, 6.45) is 3.26. The van der Waals surface area contributed by atoms with E-state index >= 15 is 0 Å². The summed E-state index contributed by atoms with van der Waals surface area (Å²) in [5.41, 5.74) is 0.921. The molecule has 1 aromatic heterocycles. The number of hydrogen-bond donors (Lipinski definition) is 0. The Hall–Kier alpha value is -1.63. The van der Waals surface area contributed by atoms with Gasteiger partial charge in [-0.25, -0.2) is 0 Å². The van der Waals surface area contributed by atoms with Crippen LogP contribution in [0.5, 0.6) is 0 Å². The molecule has 0 spiro atoms. The lowest BCUT2D eigenvalue weighted by Gasteiger charge is -2.07. The van der Waals surface area contributed by atoms with Gasteiger partial charge in [-0.1, -0.05) is 29.3 Å². The average molecular weight is 382 g/mol. The van der Waals surface area contributed by atoms with E-state index in [0.717, 1.165) is 12.0 Å². The van der Waals surface area contributed by atoms with Gasteiger partial charge in [0.2, 0.25) is 0 Å². The number of benzene rings is 1. The van der Waals surface area contributed by atoms with Crippen LogP contribution in [0.25, 0.3) is 0 Å². The smallest absolute Gasteiger partial charge is 0.296 e. The number of rotatable bonds is 7. The maximum Gasteiger partial charge on any atom is 0.296 e. The summed E-state index contributed by atoms with van der Waals surface area (Å²) in [6, 6.07) is 9.63. The third kappa shape index (κ3) is 4.71. The fourth-order valence-corrected chi connectivity index (χ4v) is 3.97. The molecule has 1 aromatic carbocycles. The number of nitrogens with zero attached hydrogens (tertiary/aromatic N) is 1. The lowest BCUT2D eigenvalue weighted by molar-refractivity contribution is 0.300. The fraction of sp³-hybridized carbons (Fsp3) is 0.389. The first-order chi connectivity index (χ1) is 11.8. The lowest BCUT2D eigenvalue weighted by Crippen LogP contribution is -2.19. The van der Waals surface area contributed by atoms with Crippen LogP contribution < -0.4 is 5.56 Å². The molecule has 0 radical (unpaired) electrons. The van der Waals surface area contributed by atoms with Crippen molar-refractivity contribution in [1.29, 1.82) is 0 Å². The molecule has 0 bridgehead atoms. The van der Waals surface area contributed by atoms with Crippen LogP contribution in [0.2, 0.25) is 5.02 Å². The Kier molecular flexibility index (Phi) is 5.32. The fourth-order valence-electron chi connectivity index (χ4n) is 2.87. The summed E-state index contributed by atoms with van der Waals surface area (Å²) in [6.45, 7) is 2.66. The number of aromatic nitrogens is 1. The van der Waals surface area contributed by atoms with E-state index in [-0.39, 0.29) is 17.1 Å². The van der Waals surface area contributed by atoms with Gasteiger partial charge in [0.25, 0.3) is 15.7 Å². The van der Waals surface area contributed by atoms with Crippen LogP contribution in [0.1, 0.15) is 18.4 Å². The first-order valence-corrected chi connectivity index (χ1v) is 9.96. The van der Waals surface area contributed by atoms with Crippen LogP contribution in [0, 0.1) is 18.8 Å². The van der Waals surface area contributed by atoms with Crippen molar-refractivity contribution in [2.45, 2.75) is 31.2 Å². The third-order valence-corrected chi connectivity index (χ3v) is 6.03. The summed E-state index contributed by atoms with van der Waals surface area (Å²) in [7, 11) is -3.71. The second-order valence-electron chi connectivity index (χ2n) is 6.47. The average Bonchev–Trinajstić information content (AvgIpc) is 3.29. The predicted molar refractivity (Wildman–Crippen MR) is 96.2 cm³/mol. The number of aryl methyl sites for hydroxylation is 1. The minimum Gasteiger partial charge on any atom is -0.314 e. The van der Waals surface area contributed by atoms with Crippen molar-refractivity contribution in [2.75, 3.05) is 6.61 Å². The summed E-state index contributed by atoms with van der Waals surface area (Å²) in [5, 5.41) is 0.532. The van der Waals surface area contributed by atoms with Gasteiger partial charge in [-0.05, 0) is 49.8 Å². The monoisotopic (exact) mass is 381 g/mol. The highest BCUT2D eigenvalue weighted by Crippen LogP contribution is 2.42. The summed E-state index contributed by atoms with van der Waals surface area (Å²) >= 11 is 5.91. The van der Waals surface area contributed by atoms with Gasteiger partial charge in [-0.3, -0.25) is 8.98 Å². The van der Waals surface area contributed by atoms with E-state index in [2.05, 4.69) is 0 Å². The Bertz CT molecular complexity index is 905. The largest absolute Gasteiger partial charge is 0.314 e. The van der Waals surface area contributed by atoms with Crippen molar-refractivity contribution in [3.8, 4) is 0 Å². The summed E-state index contributed by atoms with van der Waals surface area (Å²) in [5.74, 6) is 0.737. The van der Waals surface area contributed by atoms with E-state index in [1.54, 1.807) is 41.1 Å². The molecule has 2 aromatic rings. The maximum atomic E-state index is 12.1. The van der Waals surface area contributed by atoms with Crippen LogP contribution in [-0.2, 0) is 20.8 Å². The first-order valence-electron chi connectivity index (χ1n) is 8.17. The molecule has 0 saturated heterocycles. The normalized spacial score (nSPS) is 19.8. The molecule has 1 heterocycles. The van der Waals surface area contributed by atoms with E-state index in [1.165, 1.54) is 6.07 Å². The molecular formula is C18H20ClNO4S. The number of halogens is 1. The molecule has 0 unspecified atom stereocenters. The standard InChI is InChI=1S/C18H20ClNO4S/c1-13-2-5-17(6-3-13)25(22,23)24-9-8-14-10-15(14)11-20-12-16(19)4-7-18(20)21/h2-7,12,14-15H,8-11H2,1H3/t14-,15+/m0/s1. The molecule has 134 valence electrons. The van der Waals surface area contributed by atoms with Crippen molar-refractivity contribution >= 4 is 21.7 Å². The molecule has 0 aliphatic heterocycles. The van der Waals surface area contributed by atoms with Crippen molar-refractivity contribution in [2.24, 2.45) is 11.8 Å². The summed E-state index contributed by atoms with van der Waals surface area (Å²) in [4.78, 5) is 11.9. The molecule has 3 rings (SSSR count). The molecule has 1 saturated carbocycles. The van der Waals surface area contributed by atoms with Crippen molar-refractivity contribution < 1.29 is 12.6 Å². The molecule has 25 heavy (non-hydrogen) atoms. The van der Waals surface area contributed by atoms with Gasteiger partial charge in [0.05, 0.1) is 16.5 Å². The Morgan fingerprint density at radius 1 is 1.16 bits per heavy atom. The Balaban J connectivity index is 1.48. The highest BCUT2D eigenvalue weighted by molar-refractivity contribution is 7.86. The lowest BCUT2D eigenvalue weighted by atomic mass is 10.2. The zero-order valence-electron chi connectivity index (χ0n) is 13.9. The molecule has 1 aliphatic carbocycles. The molecule has 0 N–H and O–H groups in total. The van der Waals surface area contributed by atoms with Crippen molar-refractivity contribution in [1.82, 2.24) is 4.57 Å². The van der Waals surface area contributed by atoms with E-state index in [0.29, 0.717) is 29.8 Å². The molecule has 1 aliphatic rings. The number of hydrogen-bond acceptors (Lipinski definition) is 4. The van der Waals surface area contributed by atoms with E-state index in [1.807, 2.05) is 6.92 Å². The highest BCUT2D eigenvalue weighted by Gasteiger charge is 2.37. The van der Waals surface area contributed by atoms with Gasteiger partial charge in [0.1, 0.15) is 0 Å². The van der Waals surface area contributed by atoms with E-state index < -0.39 is 10.1 Å². The quantitative estimate of drug-likeness (QED) is 0.690. The van der Waals surface area contributed by atoms with E-state index in [9.17, 15) is 13.2 Å². The van der Waals surface area contributed by atoms with Crippen LogP contribution >= 0.6 is 11.6 Å². The Morgan fingerprint density at radius 3 is 2.60 bits per heavy atom. The van der Waals surface area contributed by atoms with Crippen molar-refractivity contribution in [3.05, 3.63) is 63.5 Å². The second-order valence-corrected chi connectivity index (χ2v) is 8.52. The SMILES string of the molecule is Cc1ccc(S(=O)(=O)OCC[C@H]2C[C@@H]2Cn2cc(Cl)ccc2=O)cc1. The molecule has 0 amide bonds. The Labute approximate surface area is 152 Å². The zero-order chi connectivity index (χ0) is 18.0. The van der Waals surface area contributed by atoms with E-state index in [4.69, 9.17) is 15.8 Å².